The molecule has 4 aliphatic rings. The molecule has 4 aliphatic carbocycles. The number of hydrogen-bond acceptors (Lipinski definition) is 10. The molecule has 0 radical (unpaired) electrons. The van der Waals surface area contributed by atoms with Crippen LogP contribution in [0.4, 0.5) is 5.69 Å². The Morgan fingerprint density at radius 2 is 1.26 bits per heavy atom. The number of ketones is 1. The zero-order valence-electron chi connectivity index (χ0n) is 33.4. The summed E-state index contributed by atoms with van der Waals surface area (Å²) in [6, 6.07) is 16.2. The van der Waals surface area contributed by atoms with Crippen LogP contribution in [-0.2, 0) is 33.1 Å². The van der Waals surface area contributed by atoms with Gasteiger partial charge >= 0.3 is 0 Å². The molecule has 7 atom stereocenters. The van der Waals surface area contributed by atoms with Crippen molar-refractivity contribution in [3.8, 4) is 22.5 Å². The molecule has 10 nitrogen and oxygen atoms in total. The fourth-order valence-corrected chi connectivity index (χ4v) is 12.3. The molecule has 15 heteroatoms. The minimum absolute atomic E-state index is 0.00902. The average Bonchev–Trinajstić information content (AvgIpc) is 4.00. The molecule has 3 aromatic carbocycles. The number of aromatic nitrogens is 3. The van der Waals surface area contributed by atoms with Gasteiger partial charge in [-0.15, -0.1) is 11.3 Å². The molecular weight excluding hydrogens is 878 g/mol. The van der Waals surface area contributed by atoms with Gasteiger partial charge in [0.05, 0.1) is 57.6 Å². The summed E-state index contributed by atoms with van der Waals surface area (Å²) in [5.74, 6) is 2.32. The predicted molar refractivity (Wildman–Crippen MR) is 236 cm³/mol. The molecule has 0 aliphatic heterocycles. The van der Waals surface area contributed by atoms with Crippen molar-refractivity contribution in [1.29, 1.82) is 0 Å². The van der Waals surface area contributed by atoms with E-state index in [0.29, 0.717) is 78.8 Å². The summed E-state index contributed by atoms with van der Waals surface area (Å²) in [5, 5.41) is 23.1. The normalized spacial score (nSPS) is 25.4. The number of fused-ring (bicyclic) bond motifs is 5. The smallest absolute Gasteiger partial charge is 0.188 e. The molecule has 10 rings (SSSR count). The maximum Gasteiger partial charge on any atom is 0.188 e. The summed E-state index contributed by atoms with van der Waals surface area (Å²) in [6.07, 6.45) is 7.17. The van der Waals surface area contributed by atoms with Gasteiger partial charge in [0.1, 0.15) is 39.3 Å². The van der Waals surface area contributed by atoms with Crippen LogP contribution in [-0.4, -0.2) is 38.4 Å². The average molecular weight is 921 g/mol. The quantitative estimate of drug-likeness (QED) is 0.141. The second kappa shape index (κ2) is 17.4. The topological polar surface area (TPSA) is 125 Å². The van der Waals surface area contributed by atoms with Crippen LogP contribution < -0.4 is 0 Å². The van der Waals surface area contributed by atoms with E-state index >= 15 is 0 Å². The van der Waals surface area contributed by atoms with Crippen molar-refractivity contribution in [2.75, 3.05) is 0 Å². The van der Waals surface area contributed by atoms with Crippen LogP contribution in [0.3, 0.4) is 0 Å². The molecule has 4 bridgehead atoms. The summed E-state index contributed by atoms with van der Waals surface area (Å²) in [5.41, 5.74) is 4.71. The summed E-state index contributed by atoms with van der Waals surface area (Å²) < 4.78 is 24.3. The number of aliphatic hydroxyl groups is 1. The number of ether oxygens (including phenoxy) is 2. The largest absolute Gasteiger partial charge is 0.382 e. The molecule has 4 saturated carbocycles. The van der Waals surface area contributed by atoms with E-state index in [1.165, 1.54) is 11.3 Å². The van der Waals surface area contributed by atoms with Gasteiger partial charge in [-0.05, 0) is 113 Å². The minimum Gasteiger partial charge on any atom is -0.382 e. The Bertz CT molecular complexity index is 2600. The molecule has 316 valence electrons. The molecule has 0 amide bonds. The van der Waals surface area contributed by atoms with Crippen LogP contribution in [0.5, 0.6) is 0 Å². The van der Waals surface area contributed by atoms with E-state index < -0.39 is 5.60 Å². The highest BCUT2D eigenvalue weighted by Crippen LogP contribution is 2.57. The van der Waals surface area contributed by atoms with Crippen molar-refractivity contribution in [1.82, 2.24) is 15.3 Å². The van der Waals surface area contributed by atoms with Gasteiger partial charge in [-0.2, -0.15) is 0 Å². The molecule has 3 aromatic heterocycles. The van der Waals surface area contributed by atoms with Gasteiger partial charge < -0.3 is 23.6 Å². The Balaban J connectivity index is 0.000000167. The molecule has 1 N–H and O–H groups in total. The zero-order chi connectivity index (χ0) is 42.6. The summed E-state index contributed by atoms with van der Waals surface area (Å²) in [6.45, 7) is 11.7. The van der Waals surface area contributed by atoms with Crippen molar-refractivity contribution in [3.63, 3.8) is 0 Å². The van der Waals surface area contributed by atoms with E-state index in [1.807, 2.05) is 26.0 Å². The Morgan fingerprint density at radius 1 is 0.770 bits per heavy atom. The molecule has 3 unspecified atom stereocenters. The third-order valence-electron chi connectivity index (χ3n) is 13.1. The number of halogens is 4. The highest BCUT2D eigenvalue weighted by atomic mass is 35.5. The van der Waals surface area contributed by atoms with Crippen molar-refractivity contribution >= 4 is 79.4 Å². The molecule has 4 fully saturated rings. The number of benzene rings is 3. The van der Waals surface area contributed by atoms with Crippen molar-refractivity contribution < 1.29 is 28.4 Å². The van der Waals surface area contributed by atoms with Gasteiger partial charge in [0.2, 0.25) is 0 Å². The van der Waals surface area contributed by atoms with Crippen LogP contribution in [0.25, 0.3) is 37.6 Å². The predicted octanol–water partition coefficient (Wildman–Crippen LogP) is 12.9. The monoisotopic (exact) mass is 918 g/mol. The number of aryl methyl sites for hydroxylation is 2. The zero-order valence-corrected chi connectivity index (χ0v) is 37.3. The Kier molecular flexibility index (Phi) is 12.1. The molecular formula is C46H42Cl4N4O6S. The van der Waals surface area contributed by atoms with Gasteiger partial charge in [0.25, 0.3) is 0 Å². The number of nitrogens with zero attached hydrogens (tertiary/aromatic N) is 4. The van der Waals surface area contributed by atoms with Gasteiger partial charge in [-0.3, -0.25) is 4.79 Å². The van der Waals surface area contributed by atoms with E-state index in [4.69, 9.17) is 76.5 Å². The van der Waals surface area contributed by atoms with E-state index in [2.05, 4.69) is 15.2 Å². The van der Waals surface area contributed by atoms with E-state index in [0.717, 1.165) is 77.7 Å². The number of carbonyl (C=O) groups excluding carboxylic acids is 1. The summed E-state index contributed by atoms with van der Waals surface area (Å²) in [4.78, 5) is 20.3. The SMILES string of the molecule is Cc1onc(-c2c(Cl)cccc2Cl)c1COC1C[C@H]2CC[C@@H](C1)C2=O.[C-]#[N+]c1ccc2nc(C3(O)[C@@H]4CC[C@H]3CC(OCc3c(-c5c(Cl)cccc5Cl)noc3C)C4)sc2c1. The van der Waals surface area contributed by atoms with E-state index in [9.17, 15) is 9.90 Å². The highest BCUT2D eigenvalue weighted by molar-refractivity contribution is 7.18. The van der Waals surface area contributed by atoms with Crippen LogP contribution in [0, 0.1) is 44.1 Å². The van der Waals surface area contributed by atoms with E-state index in [-0.39, 0.29) is 35.9 Å². The maximum atomic E-state index is 12.0. The van der Waals surface area contributed by atoms with Crippen molar-refractivity contribution in [2.24, 2.45) is 23.7 Å². The molecule has 0 saturated heterocycles. The first-order valence-corrected chi connectivity index (χ1v) is 22.8. The second-order valence-electron chi connectivity index (χ2n) is 16.6. The Morgan fingerprint density at radius 3 is 1.75 bits per heavy atom. The summed E-state index contributed by atoms with van der Waals surface area (Å²) in [7, 11) is 0. The molecule has 0 spiro atoms. The van der Waals surface area contributed by atoms with Crippen LogP contribution in [0.15, 0.2) is 63.6 Å². The first kappa shape index (κ1) is 42.5. The molecule has 3 heterocycles. The van der Waals surface area contributed by atoms with Crippen LogP contribution in [0.2, 0.25) is 20.1 Å². The first-order chi connectivity index (χ1) is 29.4. The first-order valence-electron chi connectivity index (χ1n) is 20.5. The molecule has 6 aromatic rings. The number of Topliss-reactive ketones (excluding diaryl/α,β-unsaturated/α-hetero) is 1. The van der Waals surface area contributed by atoms with Gasteiger partial charge in [-0.1, -0.05) is 74.9 Å². The van der Waals surface area contributed by atoms with Gasteiger partial charge in [0, 0.05) is 38.8 Å². The number of thiazole rings is 1. The Hall–Kier alpha value is -3.83. The fourth-order valence-electron chi connectivity index (χ4n) is 9.86. The lowest BCUT2D eigenvalue weighted by atomic mass is 9.73. The third-order valence-corrected chi connectivity index (χ3v) is 15.5. The number of rotatable bonds is 9. The minimum atomic E-state index is -0.953. The third kappa shape index (κ3) is 8.04. The van der Waals surface area contributed by atoms with Crippen molar-refractivity contribution in [2.45, 2.75) is 96.2 Å². The lowest BCUT2D eigenvalue weighted by Crippen LogP contribution is -2.44. The van der Waals surface area contributed by atoms with Gasteiger partial charge in [-0.25, -0.2) is 9.83 Å². The standard InChI is InChI=1S/C27H23Cl2N3O3S.C19H19Cl2NO3/c1-14-19(25(32-35-14)24-20(28)4-3-5-21(24)29)13-34-18-10-15-6-7-16(11-18)27(15,33)26-31-22-9-8-17(30-2)12-23(22)36-26;1-10-14(9-24-13-7-11-5-6-12(8-13)19(11)23)18(22-25-10)17-15(20)3-2-4-16(17)21/h3-5,8-9,12,15-16,18,33H,6-7,10-11,13H2,1H3;2-4,11-13H,5-9H2,1H3/t15-,16+,18?,27?;11-,12+,13?. The van der Waals surface area contributed by atoms with Crippen LogP contribution in [0.1, 0.15) is 79.0 Å². The maximum absolute atomic E-state index is 12.0. The second-order valence-corrected chi connectivity index (χ2v) is 19.2. The highest BCUT2D eigenvalue weighted by Gasteiger charge is 2.56. The number of hydrogen-bond donors (Lipinski definition) is 1. The Labute approximate surface area is 377 Å². The lowest BCUT2D eigenvalue weighted by Gasteiger charge is -2.41. The van der Waals surface area contributed by atoms with Crippen LogP contribution >= 0.6 is 57.7 Å². The summed E-state index contributed by atoms with van der Waals surface area (Å²) >= 11 is 27.0. The fraction of sp³-hybridized carbons (Fsp3) is 0.413. The van der Waals surface area contributed by atoms with Gasteiger partial charge in [0.15, 0.2) is 5.69 Å². The number of carbonyl (C=O) groups is 1. The lowest BCUT2D eigenvalue weighted by molar-refractivity contribution is -0.130. The van der Waals surface area contributed by atoms with Crippen molar-refractivity contribution in [3.05, 3.63) is 114 Å². The molecule has 61 heavy (non-hydrogen) atoms. The van der Waals surface area contributed by atoms with E-state index in [1.54, 1.807) is 42.5 Å².